The number of unbranched alkanes of at least 4 members (excludes halogenated alkanes) is 42. The first kappa shape index (κ1) is 72.4. The van der Waals surface area contributed by atoms with Gasteiger partial charge in [-0.2, -0.15) is 0 Å². The monoisotopic (exact) mass is 1050 g/mol. The van der Waals surface area contributed by atoms with Crippen LogP contribution in [0.2, 0.25) is 0 Å². The average molecular weight is 1050 g/mol. The van der Waals surface area contributed by atoms with Crippen LogP contribution < -0.4 is 0 Å². The molecular formula is C69H126O6. The Hall–Kier alpha value is -2.63. The van der Waals surface area contributed by atoms with Crippen molar-refractivity contribution in [3.05, 3.63) is 48.6 Å². The van der Waals surface area contributed by atoms with Crippen LogP contribution in [0.5, 0.6) is 0 Å². The molecule has 0 aromatic carbocycles. The molecule has 0 heterocycles. The zero-order valence-corrected chi connectivity index (χ0v) is 50.3. The molecule has 6 heteroatoms. The number of allylic oxidation sites excluding steroid dienone is 8. The van der Waals surface area contributed by atoms with E-state index in [2.05, 4.69) is 69.4 Å². The van der Waals surface area contributed by atoms with E-state index in [0.29, 0.717) is 19.3 Å². The largest absolute Gasteiger partial charge is 0.462 e. The first-order valence-corrected chi connectivity index (χ1v) is 33.1. The molecule has 0 spiro atoms. The molecule has 0 bridgehead atoms. The second-order valence-corrected chi connectivity index (χ2v) is 22.4. The molecule has 0 aliphatic heterocycles. The minimum Gasteiger partial charge on any atom is -0.462 e. The molecule has 1 atom stereocenters. The summed E-state index contributed by atoms with van der Waals surface area (Å²) in [7, 11) is 0. The van der Waals surface area contributed by atoms with Crippen LogP contribution in [0.25, 0.3) is 0 Å². The predicted octanol–water partition coefficient (Wildman–Crippen LogP) is 22.6. The molecule has 0 aliphatic carbocycles. The summed E-state index contributed by atoms with van der Waals surface area (Å²) < 4.78 is 16.9. The summed E-state index contributed by atoms with van der Waals surface area (Å²) in [6, 6.07) is 0. The first-order valence-electron chi connectivity index (χ1n) is 33.1. The molecule has 0 saturated carbocycles. The fourth-order valence-electron chi connectivity index (χ4n) is 9.77. The van der Waals surface area contributed by atoms with Crippen LogP contribution in [0.3, 0.4) is 0 Å². The molecule has 0 radical (unpaired) electrons. The Morgan fingerprint density at radius 1 is 0.267 bits per heavy atom. The fourth-order valence-corrected chi connectivity index (χ4v) is 9.77. The van der Waals surface area contributed by atoms with E-state index in [9.17, 15) is 14.4 Å². The van der Waals surface area contributed by atoms with Crippen molar-refractivity contribution in [2.24, 2.45) is 0 Å². The number of ether oxygens (including phenoxy) is 3. The highest BCUT2D eigenvalue weighted by molar-refractivity contribution is 5.71. The molecule has 0 fully saturated rings. The minimum atomic E-state index is -0.780. The summed E-state index contributed by atoms with van der Waals surface area (Å²) in [5.41, 5.74) is 0. The maximum atomic E-state index is 12.9. The Bertz CT molecular complexity index is 1300. The Morgan fingerprint density at radius 3 is 0.800 bits per heavy atom. The molecule has 0 aliphatic rings. The van der Waals surface area contributed by atoms with Crippen LogP contribution in [-0.4, -0.2) is 37.2 Å². The summed E-state index contributed by atoms with van der Waals surface area (Å²) in [6.45, 7) is 6.61. The highest BCUT2D eigenvalue weighted by Crippen LogP contribution is 2.17. The second kappa shape index (κ2) is 63.9. The Labute approximate surface area is 467 Å². The summed E-state index contributed by atoms with van der Waals surface area (Å²) >= 11 is 0. The normalized spacial score (nSPS) is 12.3. The molecule has 1 unspecified atom stereocenters. The van der Waals surface area contributed by atoms with Crippen LogP contribution in [0, 0.1) is 0 Å². The molecule has 0 amide bonds. The first-order chi connectivity index (χ1) is 37.0. The van der Waals surface area contributed by atoms with Gasteiger partial charge in [-0.15, -0.1) is 0 Å². The number of esters is 3. The zero-order chi connectivity index (χ0) is 54.3. The van der Waals surface area contributed by atoms with E-state index in [0.717, 1.165) is 83.5 Å². The fraction of sp³-hybridized carbons (Fsp3) is 0.841. The molecule has 0 aromatic rings. The topological polar surface area (TPSA) is 78.9 Å². The van der Waals surface area contributed by atoms with Gasteiger partial charge in [0.05, 0.1) is 0 Å². The lowest BCUT2D eigenvalue weighted by Crippen LogP contribution is -2.30. The predicted molar refractivity (Wildman–Crippen MR) is 325 cm³/mol. The standard InChI is InChI=1S/C69H126O6/c1-4-7-10-13-16-19-22-25-27-29-30-31-32-33-34-35-36-37-38-40-41-44-47-50-53-56-59-62-68(71)74-65-66(64-73-67(70)61-58-55-52-49-46-43-24-21-18-15-12-9-6-3)75-69(72)63-60-57-54-51-48-45-42-39-28-26-23-20-17-14-11-8-5-2/h12,15,21,24,26,28-30,66H,4-11,13-14,16-20,22-23,25,27,31-65H2,1-3H3/b15-12-,24-21-,28-26-,30-29-. The molecule has 75 heavy (non-hydrogen) atoms. The van der Waals surface area contributed by atoms with Crippen molar-refractivity contribution in [2.45, 2.75) is 361 Å². The molecule has 0 rings (SSSR count). The Balaban J connectivity index is 4.22. The lowest BCUT2D eigenvalue weighted by molar-refractivity contribution is -0.167. The SMILES string of the molecule is CCC/C=C\C/C=C\CCCCCCCC(=O)OCC(COC(=O)CCCCCCCCCCCCCCCCC/C=C\CCCCCCCCCC)OC(=O)CCCCCCCCC/C=C\CCCCCCCC. The van der Waals surface area contributed by atoms with Gasteiger partial charge >= 0.3 is 17.9 Å². The highest BCUT2D eigenvalue weighted by Gasteiger charge is 2.19. The smallest absolute Gasteiger partial charge is 0.306 e. The molecule has 0 N–H and O–H groups in total. The Kier molecular flexibility index (Phi) is 61.7. The van der Waals surface area contributed by atoms with E-state index in [4.69, 9.17) is 14.2 Å². The van der Waals surface area contributed by atoms with Crippen molar-refractivity contribution in [3.63, 3.8) is 0 Å². The van der Waals surface area contributed by atoms with Gasteiger partial charge in [-0.3, -0.25) is 14.4 Å². The van der Waals surface area contributed by atoms with Crippen molar-refractivity contribution < 1.29 is 28.6 Å². The average Bonchev–Trinajstić information content (AvgIpc) is 3.41. The van der Waals surface area contributed by atoms with Gasteiger partial charge in [0.15, 0.2) is 6.10 Å². The summed E-state index contributed by atoms with van der Waals surface area (Å²) in [6.07, 6.45) is 79.9. The zero-order valence-electron chi connectivity index (χ0n) is 50.3. The second-order valence-electron chi connectivity index (χ2n) is 22.4. The van der Waals surface area contributed by atoms with Crippen LogP contribution in [-0.2, 0) is 28.6 Å². The lowest BCUT2D eigenvalue weighted by atomic mass is 10.0. The van der Waals surface area contributed by atoms with Gasteiger partial charge in [0.1, 0.15) is 13.2 Å². The van der Waals surface area contributed by atoms with Crippen LogP contribution >= 0.6 is 0 Å². The van der Waals surface area contributed by atoms with Gasteiger partial charge < -0.3 is 14.2 Å². The van der Waals surface area contributed by atoms with E-state index in [1.807, 2.05) is 0 Å². The number of hydrogen-bond acceptors (Lipinski definition) is 6. The summed E-state index contributed by atoms with van der Waals surface area (Å²) in [5, 5.41) is 0. The third-order valence-corrected chi connectivity index (χ3v) is 14.8. The van der Waals surface area contributed by atoms with Gasteiger partial charge in [-0.05, 0) is 96.3 Å². The number of carbonyl (C=O) groups excluding carboxylic acids is 3. The summed E-state index contributed by atoms with van der Waals surface area (Å²) in [4.78, 5) is 38.3. The Morgan fingerprint density at radius 2 is 0.507 bits per heavy atom. The molecule has 6 nitrogen and oxygen atoms in total. The van der Waals surface area contributed by atoms with E-state index in [1.165, 1.54) is 231 Å². The maximum absolute atomic E-state index is 12.9. The van der Waals surface area contributed by atoms with Gasteiger partial charge in [0, 0.05) is 19.3 Å². The number of carbonyl (C=O) groups is 3. The van der Waals surface area contributed by atoms with Gasteiger partial charge in [-0.1, -0.05) is 288 Å². The van der Waals surface area contributed by atoms with Crippen molar-refractivity contribution in [1.29, 1.82) is 0 Å². The lowest BCUT2D eigenvalue weighted by Gasteiger charge is -2.18. The third kappa shape index (κ3) is 62.1. The number of hydrogen-bond donors (Lipinski definition) is 0. The van der Waals surface area contributed by atoms with Crippen molar-refractivity contribution >= 4 is 17.9 Å². The maximum Gasteiger partial charge on any atom is 0.306 e. The quantitative estimate of drug-likeness (QED) is 0.0261. The van der Waals surface area contributed by atoms with Crippen molar-refractivity contribution in [2.75, 3.05) is 13.2 Å². The van der Waals surface area contributed by atoms with Crippen molar-refractivity contribution in [3.8, 4) is 0 Å². The van der Waals surface area contributed by atoms with Gasteiger partial charge in [0.25, 0.3) is 0 Å². The third-order valence-electron chi connectivity index (χ3n) is 14.8. The minimum absolute atomic E-state index is 0.0765. The molecule has 0 aromatic heterocycles. The van der Waals surface area contributed by atoms with E-state index in [-0.39, 0.29) is 31.1 Å². The van der Waals surface area contributed by atoms with E-state index in [1.54, 1.807) is 0 Å². The van der Waals surface area contributed by atoms with E-state index < -0.39 is 6.10 Å². The molecule has 0 saturated heterocycles. The highest BCUT2D eigenvalue weighted by atomic mass is 16.6. The van der Waals surface area contributed by atoms with Crippen LogP contribution in [0.1, 0.15) is 355 Å². The van der Waals surface area contributed by atoms with Gasteiger partial charge in [0.2, 0.25) is 0 Å². The number of rotatable bonds is 61. The summed E-state index contributed by atoms with van der Waals surface area (Å²) in [5.74, 6) is -0.876. The van der Waals surface area contributed by atoms with Crippen molar-refractivity contribution in [1.82, 2.24) is 0 Å². The molecule has 438 valence electrons. The van der Waals surface area contributed by atoms with Crippen LogP contribution in [0.4, 0.5) is 0 Å². The van der Waals surface area contributed by atoms with E-state index >= 15 is 0 Å². The van der Waals surface area contributed by atoms with Crippen LogP contribution in [0.15, 0.2) is 48.6 Å². The van der Waals surface area contributed by atoms with Gasteiger partial charge in [-0.25, -0.2) is 0 Å². The molecular weight excluding hydrogens is 925 g/mol.